The number of rotatable bonds is 4. The molecule has 1 heterocycles. The van der Waals surface area contributed by atoms with Crippen LogP contribution in [0, 0.1) is 0 Å². The second-order valence-electron chi connectivity index (χ2n) is 6.76. The van der Waals surface area contributed by atoms with Gasteiger partial charge >= 0.3 is 0 Å². The number of hydrogen-bond acceptors (Lipinski definition) is 4. The zero-order valence-electron chi connectivity index (χ0n) is 15.3. The minimum absolute atomic E-state index is 0.0523. The Labute approximate surface area is 155 Å². The van der Waals surface area contributed by atoms with Crippen LogP contribution in [0.25, 0.3) is 0 Å². The minimum atomic E-state index is 0.0523. The van der Waals surface area contributed by atoms with Crippen LogP contribution in [-0.2, 0) is 4.79 Å². The van der Waals surface area contributed by atoms with Gasteiger partial charge in [-0.15, -0.1) is 0 Å². The smallest absolute Gasteiger partial charge is 0.228 e. The van der Waals surface area contributed by atoms with Gasteiger partial charge in [0.15, 0.2) is 5.84 Å². The molecule has 3 N–H and O–H groups in total. The van der Waals surface area contributed by atoms with Gasteiger partial charge in [0.2, 0.25) is 5.91 Å². The van der Waals surface area contributed by atoms with Crippen LogP contribution < -0.4 is 11.1 Å². The molecule has 1 saturated heterocycles. The van der Waals surface area contributed by atoms with Crippen molar-refractivity contribution < 1.29 is 4.79 Å². The summed E-state index contributed by atoms with van der Waals surface area (Å²) in [5.41, 5.74) is 7.45. The first kappa shape index (κ1) is 18.0. The molecule has 0 radical (unpaired) electrons. The molecule has 6 heteroatoms. The van der Waals surface area contributed by atoms with E-state index in [0.29, 0.717) is 30.5 Å². The summed E-state index contributed by atoms with van der Waals surface area (Å²) in [5.74, 6) is 1.30. The average Bonchev–Trinajstić information content (AvgIpc) is 3.13. The third kappa shape index (κ3) is 3.90. The molecular weight excluding hydrogens is 326 g/mol. The Morgan fingerprint density at radius 2 is 2.00 bits per heavy atom. The molecule has 26 heavy (non-hydrogen) atoms. The Hall–Kier alpha value is -2.76. The predicted molar refractivity (Wildman–Crippen MR) is 105 cm³/mol. The van der Waals surface area contributed by atoms with Crippen LogP contribution in [0.2, 0.25) is 0 Å². The summed E-state index contributed by atoms with van der Waals surface area (Å²) in [6, 6.07) is 10.2. The minimum Gasteiger partial charge on any atom is -0.403 e. The third-order valence-electron chi connectivity index (χ3n) is 5.03. The largest absolute Gasteiger partial charge is 0.403 e. The Bertz CT molecular complexity index is 719. The number of para-hydroxylation sites is 1. The van der Waals surface area contributed by atoms with Crippen LogP contribution in [0.4, 0.5) is 5.69 Å². The number of carbonyl (C=O) groups is 1. The van der Waals surface area contributed by atoms with Crippen molar-refractivity contribution in [2.75, 3.05) is 18.9 Å². The van der Waals surface area contributed by atoms with Crippen molar-refractivity contribution in [1.29, 1.82) is 0 Å². The van der Waals surface area contributed by atoms with E-state index in [1.807, 2.05) is 30.3 Å². The molecule has 1 saturated carbocycles. The fourth-order valence-electron chi connectivity index (χ4n) is 3.64. The van der Waals surface area contributed by atoms with Gasteiger partial charge in [0.05, 0.1) is 0 Å². The normalized spacial score (nSPS) is 22.1. The summed E-state index contributed by atoms with van der Waals surface area (Å²) in [7, 11) is 1.75. The van der Waals surface area contributed by atoms with Gasteiger partial charge in [-0.1, -0.05) is 37.6 Å². The highest BCUT2D eigenvalue weighted by molar-refractivity contribution is 6.03. The second kappa shape index (κ2) is 8.08. The first-order valence-corrected chi connectivity index (χ1v) is 9.15. The molecular formula is C20H27N5O. The molecule has 0 atom stereocenters. The average molecular weight is 353 g/mol. The van der Waals surface area contributed by atoms with E-state index in [4.69, 9.17) is 10.7 Å². The summed E-state index contributed by atoms with van der Waals surface area (Å²) >= 11 is 0. The molecule has 3 rings (SSSR count). The number of anilines is 1. The molecule has 2 fully saturated rings. The molecule has 0 spiro atoms. The quantitative estimate of drug-likeness (QED) is 0.873. The van der Waals surface area contributed by atoms with Crippen molar-refractivity contribution in [2.24, 2.45) is 10.7 Å². The third-order valence-corrected chi connectivity index (χ3v) is 5.03. The van der Waals surface area contributed by atoms with Crippen LogP contribution in [0.15, 0.2) is 59.6 Å². The van der Waals surface area contributed by atoms with Crippen LogP contribution >= 0.6 is 0 Å². The van der Waals surface area contributed by atoms with Crippen molar-refractivity contribution >= 4 is 17.4 Å². The van der Waals surface area contributed by atoms with Crippen molar-refractivity contribution in [3.8, 4) is 0 Å². The zero-order chi connectivity index (χ0) is 18.5. The molecule has 0 aromatic heterocycles. The van der Waals surface area contributed by atoms with E-state index in [-0.39, 0.29) is 5.91 Å². The van der Waals surface area contributed by atoms with Crippen molar-refractivity contribution in [2.45, 2.75) is 38.1 Å². The zero-order valence-corrected chi connectivity index (χ0v) is 15.3. The molecule has 138 valence electrons. The van der Waals surface area contributed by atoms with Gasteiger partial charge in [0.25, 0.3) is 0 Å². The van der Waals surface area contributed by atoms with E-state index < -0.39 is 0 Å². The predicted octanol–water partition coefficient (Wildman–Crippen LogP) is 2.88. The van der Waals surface area contributed by atoms with Gasteiger partial charge in [-0.05, 0) is 25.0 Å². The molecule has 0 unspecified atom stereocenters. The maximum atomic E-state index is 12.4. The van der Waals surface area contributed by atoms with Gasteiger partial charge in [-0.25, -0.2) is 4.99 Å². The Morgan fingerprint density at radius 1 is 1.31 bits per heavy atom. The van der Waals surface area contributed by atoms with Gasteiger partial charge in [0.1, 0.15) is 11.5 Å². The van der Waals surface area contributed by atoms with Crippen LogP contribution in [0.3, 0.4) is 0 Å². The number of hydrogen-bond donors (Lipinski definition) is 2. The molecule has 1 amide bonds. The van der Waals surface area contributed by atoms with Crippen molar-refractivity contribution in [3.63, 3.8) is 0 Å². The number of likely N-dealkylation sites (N-methyl/N-ethyl adjacent to an activating group) is 1. The van der Waals surface area contributed by atoms with Gasteiger partial charge in [0, 0.05) is 37.9 Å². The number of nitrogens with zero attached hydrogens (tertiary/aromatic N) is 3. The van der Waals surface area contributed by atoms with Gasteiger partial charge < -0.3 is 20.9 Å². The maximum Gasteiger partial charge on any atom is 0.228 e. The summed E-state index contributed by atoms with van der Waals surface area (Å²) in [4.78, 5) is 21.0. The first-order chi connectivity index (χ1) is 12.6. The molecule has 1 aliphatic carbocycles. The Balaban J connectivity index is 1.92. The first-order valence-electron chi connectivity index (χ1n) is 9.15. The number of nitrogens with two attached hydrogens (primary N) is 1. The number of amidine groups is 1. The molecule has 1 aromatic rings. The van der Waals surface area contributed by atoms with Crippen molar-refractivity contribution in [3.05, 3.63) is 54.6 Å². The molecule has 1 aromatic carbocycles. The summed E-state index contributed by atoms with van der Waals surface area (Å²) in [5, 5.41) is 3.21. The maximum absolute atomic E-state index is 12.4. The summed E-state index contributed by atoms with van der Waals surface area (Å²) < 4.78 is 0. The molecule has 2 aliphatic rings. The lowest BCUT2D eigenvalue weighted by atomic mass is 10.2. The number of carbonyl (C=O) groups excluding carboxylic acids is 1. The van der Waals surface area contributed by atoms with Crippen LogP contribution in [0.1, 0.15) is 32.1 Å². The lowest BCUT2D eigenvalue weighted by molar-refractivity contribution is -0.127. The Kier molecular flexibility index (Phi) is 5.61. The standard InChI is InChI=1S/C20H27N5O/c1-15(22-16-8-4-3-5-9-16)23-20-18(14-21)24(2)19(26)12-13-25(20)17-10-6-7-11-17/h3-5,8-9,14,17,22H,1,6-7,10-13,21H2,2H3/b18-14+,23-20+. The number of aliphatic imine (C=N–C) groups is 1. The number of nitrogens with one attached hydrogen (secondary N) is 1. The van der Waals surface area contributed by atoms with Crippen LogP contribution in [-0.4, -0.2) is 41.2 Å². The van der Waals surface area contributed by atoms with Crippen molar-refractivity contribution in [1.82, 2.24) is 9.80 Å². The monoisotopic (exact) mass is 353 g/mol. The second-order valence-corrected chi connectivity index (χ2v) is 6.76. The lowest BCUT2D eigenvalue weighted by Crippen LogP contribution is -2.41. The molecule has 1 aliphatic heterocycles. The lowest BCUT2D eigenvalue weighted by Gasteiger charge is -2.31. The molecule has 0 bridgehead atoms. The van der Waals surface area contributed by atoms with E-state index in [9.17, 15) is 4.79 Å². The van der Waals surface area contributed by atoms with E-state index in [2.05, 4.69) is 16.8 Å². The van der Waals surface area contributed by atoms with Gasteiger partial charge in [-0.2, -0.15) is 0 Å². The Morgan fingerprint density at radius 3 is 2.65 bits per heavy atom. The highest BCUT2D eigenvalue weighted by atomic mass is 16.2. The topological polar surface area (TPSA) is 74.0 Å². The highest BCUT2D eigenvalue weighted by Gasteiger charge is 2.33. The van der Waals surface area contributed by atoms with E-state index >= 15 is 0 Å². The van der Waals surface area contributed by atoms with Crippen LogP contribution in [0.5, 0.6) is 0 Å². The highest BCUT2D eigenvalue weighted by Crippen LogP contribution is 2.28. The number of benzene rings is 1. The van der Waals surface area contributed by atoms with E-state index in [1.54, 1.807) is 11.9 Å². The number of amides is 1. The van der Waals surface area contributed by atoms with E-state index in [1.165, 1.54) is 19.0 Å². The summed E-state index contributed by atoms with van der Waals surface area (Å²) in [6.07, 6.45) is 6.59. The van der Waals surface area contributed by atoms with E-state index in [0.717, 1.165) is 24.4 Å². The SMILES string of the molecule is C=C(/N=C1\C(=C/N)N(C)C(=O)CCN1C1CCCC1)Nc1ccccc1. The fraction of sp³-hybridized carbons (Fsp3) is 0.400. The fourth-order valence-corrected chi connectivity index (χ4v) is 3.64. The summed E-state index contributed by atoms with van der Waals surface area (Å²) in [6.45, 7) is 4.71. The van der Waals surface area contributed by atoms with Gasteiger partial charge in [-0.3, -0.25) is 4.79 Å². The molecule has 6 nitrogen and oxygen atoms in total.